The number of sulfonamides is 1. The Hall–Kier alpha value is -3.53. The van der Waals surface area contributed by atoms with E-state index in [9.17, 15) is 22.8 Å². The first-order valence-corrected chi connectivity index (χ1v) is 10.1. The average molecular weight is 413 g/mol. The van der Waals surface area contributed by atoms with Crippen molar-refractivity contribution < 1.29 is 27.6 Å². The molecule has 2 aromatic carbocycles. The van der Waals surface area contributed by atoms with Crippen molar-refractivity contribution in [2.75, 3.05) is 0 Å². The Labute approximate surface area is 166 Å². The minimum Gasteiger partial charge on any atom is -0.330 e. The number of amides is 2. The van der Waals surface area contributed by atoms with Crippen LogP contribution in [0.4, 0.5) is 0 Å². The lowest BCUT2D eigenvalue weighted by molar-refractivity contribution is -0.168. The summed E-state index contributed by atoms with van der Waals surface area (Å²) in [6, 6.07) is 11.8. The molecule has 0 saturated heterocycles. The molecule has 0 aliphatic carbocycles. The van der Waals surface area contributed by atoms with Crippen LogP contribution in [0.2, 0.25) is 0 Å². The first kappa shape index (κ1) is 18.8. The Morgan fingerprint density at radius 1 is 1.03 bits per heavy atom. The van der Waals surface area contributed by atoms with Gasteiger partial charge in [-0.2, -0.15) is 0 Å². The number of amidine groups is 1. The zero-order valence-electron chi connectivity index (χ0n) is 15.2. The summed E-state index contributed by atoms with van der Waals surface area (Å²) in [7, 11) is -3.69. The maximum Gasteiger partial charge on any atom is 0.335 e. The summed E-state index contributed by atoms with van der Waals surface area (Å²) < 4.78 is 26.6. The zero-order valence-corrected chi connectivity index (χ0v) is 16.0. The van der Waals surface area contributed by atoms with Crippen LogP contribution in [0.3, 0.4) is 0 Å². The van der Waals surface area contributed by atoms with Gasteiger partial charge in [-0.3, -0.25) is 19.3 Å². The van der Waals surface area contributed by atoms with Gasteiger partial charge < -0.3 is 4.84 Å². The van der Waals surface area contributed by atoms with E-state index in [2.05, 4.69) is 9.71 Å². The van der Waals surface area contributed by atoms with Gasteiger partial charge in [-0.15, -0.1) is 0 Å². The maximum atomic E-state index is 12.2. The van der Waals surface area contributed by atoms with E-state index in [1.807, 2.05) is 0 Å². The summed E-state index contributed by atoms with van der Waals surface area (Å²) in [4.78, 5) is 46.0. The monoisotopic (exact) mass is 413 g/mol. The number of hydrogen-bond donors (Lipinski definition) is 1. The van der Waals surface area contributed by atoms with E-state index >= 15 is 0 Å². The molecule has 2 aliphatic heterocycles. The Kier molecular flexibility index (Phi) is 4.42. The van der Waals surface area contributed by atoms with E-state index < -0.39 is 33.8 Å². The number of benzene rings is 2. The van der Waals surface area contributed by atoms with E-state index in [-0.39, 0.29) is 28.3 Å². The summed E-state index contributed by atoms with van der Waals surface area (Å²) >= 11 is 0. The van der Waals surface area contributed by atoms with Crippen molar-refractivity contribution in [3.63, 3.8) is 0 Å². The van der Waals surface area contributed by atoms with Crippen LogP contribution in [0.1, 0.15) is 39.6 Å². The van der Waals surface area contributed by atoms with Crippen LogP contribution in [0.5, 0.6) is 0 Å². The second-order valence-electron chi connectivity index (χ2n) is 6.55. The van der Waals surface area contributed by atoms with Crippen LogP contribution in [0.15, 0.2) is 58.4 Å². The topological polar surface area (TPSA) is 122 Å². The Balaban J connectivity index is 1.46. The molecule has 0 fully saturated rings. The molecule has 148 valence electrons. The van der Waals surface area contributed by atoms with E-state index in [0.29, 0.717) is 10.6 Å². The first-order valence-electron chi connectivity index (χ1n) is 8.66. The number of hydrogen-bond acceptors (Lipinski definition) is 7. The number of carbonyl (C=O) groups is 3. The lowest BCUT2D eigenvalue weighted by atomic mass is 10.1. The molecule has 9 nitrogen and oxygen atoms in total. The third-order valence-electron chi connectivity index (χ3n) is 4.42. The standard InChI is InChI=1S/C19H15N3O6S/c1-11(20-17-14-8-4-5-9-15(14)29(26,27)21-17)10-16(23)28-22-18(24)12-6-2-3-7-13(12)19(22)25/h2-9,11H,10H2,1H3,(H,20,21). The maximum absolute atomic E-state index is 12.2. The van der Waals surface area contributed by atoms with Gasteiger partial charge in [0.25, 0.3) is 21.8 Å². The molecule has 2 aliphatic rings. The van der Waals surface area contributed by atoms with Gasteiger partial charge in [0, 0.05) is 5.56 Å². The molecule has 2 heterocycles. The summed E-state index contributed by atoms with van der Waals surface area (Å²) in [5, 5.41) is 0.431. The second kappa shape index (κ2) is 6.82. The molecule has 0 saturated carbocycles. The summed E-state index contributed by atoms with van der Waals surface area (Å²) in [6.07, 6.45) is -0.263. The minimum atomic E-state index is -3.69. The first-order chi connectivity index (χ1) is 13.8. The molecule has 0 radical (unpaired) electrons. The highest BCUT2D eigenvalue weighted by Crippen LogP contribution is 2.24. The summed E-state index contributed by atoms with van der Waals surface area (Å²) in [6.45, 7) is 1.59. The van der Waals surface area contributed by atoms with Gasteiger partial charge in [-0.1, -0.05) is 29.3 Å². The van der Waals surface area contributed by atoms with Gasteiger partial charge in [0.1, 0.15) is 5.84 Å². The SMILES string of the molecule is CC(CC(=O)ON1C(=O)c2ccccc2C1=O)N=C1NS(=O)(=O)c2ccccc21. The quantitative estimate of drug-likeness (QED) is 0.753. The number of carbonyl (C=O) groups excluding carboxylic acids is 3. The molecule has 0 spiro atoms. The third-order valence-corrected chi connectivity index (χ3v) is 5.82. The minimum absolute atomic E-state index is 0.111. The zero-order chi connectivity index (χ0) is 20.8. The number of rotatable bonds is 4. The second-order valence-corrected chi connectivity index (χ2v) is 8.20. The van der Waals surface area contributed by atoms with Crippen molar-refractivity contribution in [3.8, 4) is 0 Å². The average Bonchev–Trinajstić information content (AvgIpc) is 3.08. The van der Waals surface area contributed by atoms with E-state index in [1.165, 1.54) is 18.2 Å². The Morgan fingerprint density at radius 3 is 2.21 bits per heavy atom. The lowest BCUT2D eigenvalue weighted by Crippen LogP contribution is -2.33. The van der Waals surface area contributed by atoms with Crippen LogP contribution in [-0.4, -0.2) is 43.1 Å². The molecule has 4 rings (SSSR count). The molecule has 2 amide bonds. The molecule has 1 N–H and O–H groups in total. The van der Waals surface area contributed by atoms with Crippen LogP contribution < -0.4 is 4.72 Å². The highest BCUT2D eigenvalue weighted by Gasteiger charge is 2.38. The highest BCUT2D eigenvalue weighted by molar-refractivity contribution is 7.90. The van der Waals surface area contributed by atoms with Gasteiger partial charge in [0.2, 0.25) is 0 Å². The van der Waals surface area contributed by atoms with Gasteiger partial charge in [-0.25, -0.2) is 13.2 Å². The fourth-order valence-electron chi connectivity index (χ4n) is 3.13. The van der Waals surface area contributed by atoms with Crippen LogP contribution in [0.25, 0.3) is 0 Å². The Bertz CT molecular complexity index is 1150. The van der Waals surface area contributed by atoms with Gasteiger partial charge >= 0.3 is 5.97 Å². The van der Waals surface area contributed by atoms with Crippen molar-refractivity contribution in [1.82, 2.24) is 9.79 Å². The molecular weight excluding hydrogens is 398 g/mol. The smallest absolute Gasteiger partial charge is 0.330 e. The van der Waals surface area contributed by atoms with Crippen molar-refractivity contribution in [3.05, 3.63) is 65.2 Å². The van der Waals surface area contributed by atoms with Crippen molar-refractivity contribution in [2.45, 2.75) is 24.3 Å². The van der Waals surface area contributed by atoms with Crippen molar-refractivity contribution >= 4 is 33.6 Å². The van der Waals surface area contributed by atoms with Gasteiger partial charge in [0.05, 0.1) is 28.5 Å². The largest absolute Gasteiger partial charge is 0.335 e. The number of imide groups is 1. The predicted molar refractivity (Wildman–Crippen MR) is 100 cm³/mol. The lowest BCUT2D eigenvalue weighted by Gasteiger charge is -2.14. The molecule has 0 bridgehead atoms. The van der Waals surface area contributed by atoms with E-state index in [0.717, 1.165) is 0 Å². The molecular formula is C19H15N3O6S. The van der Waals surface area contributed by atoms with Crippen LogP contribution in [0, 0.1) is 0 Å². The molecule has 1 atom stereocenters. The van der Waals surface area contributed by atoms with Gasteiger partial charge in [-0.05, 0) is 31.2 Å². The van der Waals surface area contributed by atoms with Crippen molar-refractivity contribution in [1.29, 1.82) is 0 Å². The van der Waals surface area contributed by atoms with Gasteiger partial charge in [0.15, 0.2) is 0 Å². The van der Waals surface area contributed by atoms with E-state index in [1.54, 1.807) is 37.3 Å². The normalized spacial score (nSPS) is 18.9. The molecule has 2 aromatic rings. The predicted octanol–water partition coefficient (Wildman–Crippen LogP) is 1.26. The number of nitrogens with zero attached hydrogens (tertiary/aromatic N) is 2. The molecule has 0 aromatic heterocycles. The fraction of sp³-hybridized carbons (Fsp3) is 0.158. The van der Waals surface area contributed by atoms with Crippen molar-refractivity contribution in [2.24, 2.45) is 4.99 Å². The fourth-order valence-corrected chi connectivity index (χ4v) is 4.37. The van der Waals surface area contributed by atoms with Crippen LogP contribution in [-0.2, 0) is 19.7 Å². The summed E-state index contributed by atoms with van der Waals surface area (Å²) in [5.41, 5.74) is 0.735. The number of aliphatic imine (C=N–C) groups is 1. The molecule has 29 heavy (non-hydrogen) atoms. The Morgan fingerprint density at radius 2 is 1.59 bits per heavy atom. The molecule has 10 heteroatoms. The van der Waals surface area contributed by atoms with E-state index in [4.69, 9.17) is 4.84 Å². The third kappa shape index (κ3) is 3.27. The number of hydroxylamine groups is 2. The molecule has 1 unspecified atom stereocenters. The summed E-state index contributed by atoms with van der Waals surface area (Å²) in [5.74, 6) is -2.14. The highest BCUT2D eigenvalue weighted by atomic mass is 32.2. The number of fused-ring (bicyclic) bond motifs is 2. The number of nitrogens with one attached hydrogen (secondary N) is 1. The van der Waals surface area contributed by atoms with Crippen LogP contribution >= 0.6 is 0 Å².